The highest BCUT2D eigenvalue weighted by molar-refractivity contribution is 5.69. The summed E-state index contributed by atoms with van der Waals surface area (Å²) in [5.74, 6) is 0.459. The van der Waals surface area contributed by atoms with Crippen LogP contribution in [0.1, 0.15) is 41.4 Å². The van der Waals surface area contributed by atoms with Gasteiger partial charge in [-0.25, -0.2) is 4.98 Å². The first-order valence-corrected chi connectivity index (χ1v) is 10.4. The molecule has 0 radical (unpaired) electrons. The van der Waals surface area contributed by atoms with Gasteiger partial charge in [0.2, 0.25) is 0 Å². The second-order valence-electron chi connectivity index (χ2n) is 7.88. The third kappa shape index (κ3) is 4.33. The van der Waals surface area contributed by atoms with Crippen molar-refractivity contribution in [3.8, 4) is 11.3 Å². The number of piperidine rings is 1. The first-order valence-electron chi connectivity index (χ1n) is 10.4. The Hall–Kier alpha value is -2.32. The SMILES string of the molecule is Cc1cn2c(-c3ccc(CCNC(N)O)cc3)c(C3CCNCC3)nc2c(C)n1. The lowest BCUT2D eigenvalue weighted by Crippen LogP contribution is -2.37. The molecule has 0 spiro atoms. The molecule has 1 aromatic carbocycles. The summed E-state index contributed by atoms with van der Waals surface area (Å²) in [6.45, 7) is 6.77. The van der Waals surface area contributed by atoms with Crippen LogP contribution in [-0.4, -0.2) is 45.5 Å². The van der Waals surface area contributed by atoms with Crippen molar-refractivity contribution in [2.24, 2.45) is 5.73 Å². The van der Waals surface area contributed by atoms with E-state index in [9.17, 15) is 0 Å². The largest absolute Gasteiger partial charge is 0.366 e. The predicted octanol–water partition coefficient (Wildman–Crippen LogP) is 1.85. The van der Waals surface area contributed by atoms with E-state index in [0.717, 1.165) is 49.4 Å². The van der Waals surface area contributed by atoms with Crippen LogP contribution in [0.4, 0.5) is 0 Å². The number of fused-ring (bicyclic) bond motifs is 1. The smallest absolute Gasteiger partial charge is 0.159 e. The van der Waals surface area contributed by atoms with Crippen molar-refractivity contribution in [1.29, 1.82) is 0 Å². The molecule has 0 amide bonds. The molecule has 154 valence electrons. The number of nitrogens with zero attached hydrogens (tertiary/aromatic N) is 3. The van der Waals surface area contributed by atoms with Gasteiger partial charge >= 0.3 is 0 Å². The molecular formula is C22H30N6O. The van der Waals surface area contributed by atoms with Gasteiger partial charge < -0.3 is 10.4 Å². The molecule has 0 saturated carbocycles. The zero-order valence-corrected chi connectivity index (χ0v) is 17.2. The minimum absolute atomic E-state index is 0.459. The van der Waals surface area contributed by atoms with Gasteiger partial charge in [0.15, 0.2) is 12.0 Å². The van der Waals surface area contributed by atoms with Crippen LogP contribution in [0, 0.1) is 13.8 Å². The first kappa shape index (κ1) is 20.0. The van der Waals surface area contributed by atoms with Crippen molar-refractivity contribution in [3.63, 3.8) is 0 Å². The monoisotopic (exact) mass is 394 g/mol. The highest BCUT2D eigenvalue weighted by Gasteiger charge is 2.25. The van der Waals surface area contributed by atoms with Crippen molar-refractivity contribution in [2.45, 2.75) is 45.4 Å². The Morgan fingerprint density at radius 1 is 1.21 bits per heavy atom. The van der Waals surface area contributed by atoms with Crippen molar-refractivity contribution >= 4 is 5.65 Å². The van der Waals surface area contributed by atoms with Gasteiger partial charge in [0, 0.05) is 24.2 Å². The molecular weight excluding hydrogens is 364 g/mol. The molecule has 0 bridgehead atoms. The predicted molar refractivity (Wildman–Crippen MR) is 115 cm³/mol. The molecule has 0 aliphatic carbocycles. The quantitative estimate of drug-likeness (QED) is 0.476. The molecule has 1 aliphatic rings. The van der Waals surface area contributed by atoms with E-state index in [1.54, 1.807) is 0 Å². The number of aromatic nitrogens is 3. The lowest BCUT2D eigenvalue weighted by molar-refractivity contribution is 0.145. The summed E-state index contributed by atoms with van der Waals surface area (Å²) in [5, 5.41) is 15.4. The minimum Gasteiger partial charge on any atom is -0.366 e. The highest BCUT2D eigenvalue weighted by Crippen LogP contribution is 2.35. The zero-order valence-electron chi connectivity index (χ0n) is 17.2. The minimum atomic E-state index is -0.972. The Morgan fingerprint density at radius 2 is 1.93 bits per heavy atom. The number of rotatable bonds is 6. The molecule has 29 heavy (non-hydrogen) atoms. The van der Waals surface area contributed by atoms with Crippen LogP contribution in [0.5, 0.6) is 0 Å². The zero-order chi connectivity index (χ0) is 20.4. The number of nitrogens with two attached hydrogens (primary N) is 1. The van der Waals surface area contributed by atoms with Crippen LogP contribution >= 0.6 is 0 Å². The maximum atomic E-state index is 9.15. The highest BCUT2D eigenvalue weighted by atomic mass is 16.3. The lowest BCUT2D eigenvalue weighted by Gasteiger charge is -2.22. The number of hydrogen-bond acceptors (Lipinski definition) is 6. The Morgan fingerprint density at radius 3 is 2.62 bits per heavy atom. The van der Waals surface area contributed by atoms with E-state index in [1.165, 1.54) is 22.5 Å². The van der Waals surface area contributed by atoms with Crippen LogP contribution in [0.3, 0.4) is 0 Å². The van der Waals surface area contributed by atoms with Crippen molar-refractivity contribution in [2.75, 3.05) is 19.6 Å². The summed E-state index contributed by atoms with van der Waals surface area (Å²) in [7, 11) is 0. The summed E-state index contributed by atoms with van der Waals surface area (Å²) < 4.78 is 2.22. The second-order valence-corrected chi connectivity index (χ2v) is 7.88. The third-order valence-electron chi connectivity index (χ3n) is 5.64. The van der Waals surface area contributed by atoms with E-state index in [0.29, 0.717) is 12.5 Å². The van der Waals surface area contributed by atoms with Gasteiger partial charge in [-0.1, -0.05) is 24.3 Å². The first-order chi connectivity index (χ1) is 14.0. The summed E-state index contributed by atoms with van der Waals surface area (Å²) in [4.78, 5) is 9.69. The number of aliphatic hydroxyl groups excluding tert-OH is 1. The maximum Gasteiger partial charge on any atom is 0.159 e. The van der Waals surface area contributed by atoms with Crippen LogP contribution in [0.25, 0.3) is 16.9 Å². The molecule has 7 heteroatoms. The molecule has 1 aliphatic heterocycles. The van der Waals surface area contributed by atoms with E-state index in [-0.39, 0.29) is 0 Å². The Bertz CT molecular complexity index is 973. The van der Waals surface area contributed by atoms with Gasteiger partial charge in [-0.3, -0.25) is 20.4 Å². The fourth-order valence-corrected chi connectivity index (χ4v) is 4.22. The maximum absolute atomic E-state index is 9.15. The fraction of sp³-hybridized carbons (Fsp3) is 0.455. The summed E-state index contributed by atoms with van der Waals surface area (Å²) in [6.07, 6.45) is 4.14. The normalized spacial score (nSPS) is 16.4. The third-order valence-corrected chi connectivity index (χ3v) is 5.64. The topological polar surface area (TPSA) is 100 Å². The van der Waals surface area contributed by atoms with E-state index < -0.39 is 6.35 Å². The average molecular weight is 395 g/mol. The Balaban J connectivity index is 1.73. The summed E-state index contributed by atoms with van der Waals surface area (Å²) in [5.41, 5.74) is 13.0. The molecule has 1 fully saturated rings. The number of benzene rings is 1. The van der Waals surface area contributed by atoms with Crippen molar-refractivity contribution in [3.05, 3.63) is 53.1 Å². The molecule has 3 aromatic rings. The molecule has 5 N–H and O–H groups in total. The fourth-order valence-electron chi connectivity index (χ4n) is 4.22. The molecule has 4 rings (SSSR count). The van der Waals surface area contributed by atoms with E-state index in [1.807, 2.05) is 13.8 Å². The average Bonchev–Trinajstić information content (AvgIpc) is 3.09. The molecule has 3 heterocycles. The van der Waals surface area contributed by atoms with Crippen LogP contribution < -0.4 is 16.4 Å². The number of aryl methyl sites for hydroxylation is 2. The van der Waals surface area contributed by atoms with Gasteiger partial charge in [-0.2, -0.15) is 0 Å². The van der Waals surface area contributed by atoms with E-state index in [2.05, 4.69) is 50.5 Å². The molecule has 1 unspecified atom stereocenters. The van der Waals surface area contributed by atoms with Crippen molar-refractivity contribution < 1.29 is 5.11 Å². The number of imidazole rings is 1. The number of nitrogens with one attached hydrogen (secondary N) is 2. The van der Waals surface area contributed by atoms with Gasteiger partial charge in [0.05, 0.1) is 22.8 Å². The van der Waals surface area contributed by atoms with Gasteiger partial charge in [0.25, 0.3) is 0 Å². The van der Waals surface area contributed by atoms with Gasteiger partial charge in [-0.15, -0.1) is 0 Å². The summed E-state index contributed by atoms with van der Waals surface area (Å²) >= 11 is 0. The summed E-state index contributed by atoms with van der Waals surface area (Å²) in [6, 6.07) is 8.64. The van der Waals surface area contributed by atoms with E-state index >= 15 is 0 Å². The van der Waals surface area contributed by atoms with Gasteiger partial charge in [-0.05, 0) is 51.8 Å². The molecule has 7 nitrogen and oxygen atoms in total. The molecule has 1 atom stereocenters. The standard InChI is InChI=1S/C22H30N6O/c1-14-13-28-20(18-5-3-16(4-6-18)7-12-25-22(23)29)19(17-8-10-24-11-9-17)27-21(28)15(2)26-14/h3-6,13,17,22,24-25,29H,7-12,23H2,1-2H3. The molecule has 1 saturated heterocycles. The van der Waals surface area contributed by atoms with E-state index in [4.69, 9.17) is 15.8 Å². The number of aliphatic hydroxyl groups is 1. The van der Waals surface area contributed by atoms with Crippen LogP contribution in [-0.2, 0) is 6.42 Å². The van der Waals surface area contributed by atoms with Crippen LogP contribution in [0.15, 0.2) is 30.5 Å². The van der Waals surface area contributed by atoms with Crippen molar-refractivity contribution in [1.82, 2.24) is 25.0 Å². The number of hydrogen-bond donors (Lipinski definition) is 4. The second kappa shape index (κ2) is 8.59. The Labute approximate surface area is 171 Å². The lowest BCUT2D eigenvalue weighted by atomic mass is 9.91. The van der Waals surface area contributed by atoms with Gasteiger partial charge in [0.1, 0.15) is 0 Å². The molecule has 2 aromatic heterocycles. The van der Waals surface area contributed by atoms with Crippen LogP contribution in [0.2, 0.25) is 0 Å². The Kier molecular flexibility index (Phi) is 5.91.